The van der Waals surface area contributed by atoms with Crippen LogP contribution in [0.3, 0.4) is 0 Å². The van der Waals surface area contributed by atoms with Crippen LogP contribution in [0.25, 0.3) is 32.4 Å². The molecule has 0 spiro atoms. The van der Waals surface area contributed by atoms with E-state index >= 15 is 0 Å². The van der Waals surface area contributed by atoms with E-state index in [1.165, 1.54) is 22.1 Å². The average molecular weight is 457 g/mol. The summed E-state index contributed by atoms with van der Waals surface area (Å²) in [4.78, 5) is 22.2. The molecule has 5 nitrogen and oxygen atoms in total. The number of hydrogen-bond donors (Lipinski definition) is 1. The number of aromatic amines is 1. The fourth-order valence-electron chi connectivity index (χ4n) is 4.01. The van der Waals surface area contributed by atoms with E-state index in [2.05, 4.69) is 29.2 Å². The van der Waals surface area contributed by atoms with Crippen molar-refractivity contribution in [1.29, 1.82) is 0 Å². The van der Waals surface area contributed by atoms with E-state index in [4.69, 9.17) is 14.5 Å². The van der Waals surface area contributed by atoms with E-state index < -0.39 is 0 Å². The zero-order valence-corrected chi connectivity index (χ0v) is 19.6. The van der Waals surface area contributed by atoms with Crippen LogP contribution in [-0.2, 0) is 6.61 Å². The van der Waals surface area contributed by atoms with Gasteiger partial charge in [-0.3, -0.25) is 4.79 Å². The monoisotopic (exact) mass is 456 g/mol. The lowest BCUT2D eigenvalue weighted by atomic mass is 10.1. The first kappa shape index (κ1) is 21.2. The molecule has 0 atom stereocenters. The van der Waals surface area contributed by atoms with Crippen molar-refractivity contribution in [3.05, 3.63) is 87.0 Å². The molecule has 5 aromatic rings. The fourth-order valence-corrected chi connectivity index (χ4v) is 5.04. The van der Waals surface area contributed by atoms with Gasteiger partial charge >= 0.3 is 0 Å². The molecule has 2 heterocycles. The number of thiophene rings is 1. The molecule has 0 aliphatic heterocycles. The average Bonchev–Trinajstić information content (AvgIpc) is 3.12. The Hall–Kier alpha value is -3.64. The van der Waals surface area contributed by atoms with Gasteiger partial charge in [0.25, 0.3) is 5.56 Å². The minimum Gasteiger partial charge on any atom is -0.490 e. The quantitative estimate of drug-likeness (QED) is 0.321. The highest BCUT2D eigenvalue weighted by molar-refractivity contribution is 7.18. The van der Waals surface area contributed by atoms with Crippen LogP contribution in [0.1, 0.15) is 22.9 Å². The normalized spacial score (nSPS) is 11.2. The number of hydrogen-bond acceptors (Lipinski definition) is 5. The topological polar surface area (TPSA) is 64.2 Å². The SMILES string of the molecule is CCOc1cc(-c2nc3sc(C)c(C)c3c(=O)[nH]2)ccc1OCc1cccc2ccccc12. The van der Waals surface area contributed by atoms with E-state index in [0.717, 1.165) is 26.4 Å². The second-order valence-electron chi connectivity index (χ2n) is 7.90. The lowest BCUT2D eigenvalue weighted by molar-refractivity contribution is 0.270. The molecular weight excluding hydrogens is 432 g/mol. The Kier molecular flexibility index (Phi) is 5.60. The second-order valence-corrected chi connectivity index (χ2v) is 9.10. The number of benzene rings is 3. The van der Waals surface area contributed by atoms with Crippen molar-refractivity contribution in [2.75, 3.05) is 6.61 Å². The third-order valence-corrected chi connectivity index (χ3v) is 6.92. The molecule has 2 aromatic heterocycles. The molecule has 0 radical (unpaired) electrons. The number of aryl methyl sites for hydroxylation is 2. The molecule has 33 heavy (non-hydrogen) atoms. The van der Waals surface area contributed by atoms with Gasteiger partial charge in [-0.1, -0.05) is 42.5 Å². The van der Waals surface area contributed by atoms with Crippen molar-refractivity contribution < 1.29 is 9.47 Å². The fraction of sp³-hybridized carbons (Fsp3) is 0.185. The van der Waals surface area contributed by atoms with E-state index in [-0.39, 0.29) is 5.56 Å². The number of fused-ring (bicyclic) bond motifs is 2. The van der Waals surface area contributed by atoms with E-state index in [0.29, 0.717) is 35.9 Å². The summed E-state index contributed by atoms with van der Waals surface area (Å²) in [6.07, 6.45) is 0. The van der Waals surface area contributed by atoms with Crippen molar-refractivity contribution in [1.82, 2.24) is 9.97 Å². The van der Waals surface area contributed by atoms with Crippen molar-refractivity contribution in [2.45, 2.75) is 27.4 Å². The standard InChI is InChI=1S/C27H24N2O3S/c1-4-31-23-14-19(25-28-26(30)24-16(2)17(3)33-27(24)29-25)12-13-22(23)32-15-20-10-7-9-18-8-5-6-11-21(18)20/h5-14H,4,15H2,1-3H3,(H,28,29,30). The number of nitrogens with one attached hydrogen (secondary N) is 1. The highest BCUT2D eigenvalue weighted by Gasteiger charge is 2.15. The van der Waals surface area contributed by atoms with Gasteiger partial charge in [-0.2, -0.15) is 0 Å². The third-order valence-electron chi connectivity index (χ3n) is 5.82. The molecule has 0 unspecified atom stereocenters. The third kappa shape index (κ3) is 3.98. The van der Waals surface area contributed by atoms with Gasteiger partial charge < -0.3 is 14.5 Å². The Morgan fingerprint density at radius 1 is 0.970 bits per heavy atom. The van der Waals surface area contributed by atoms with E-state index in [9.17, 15) is 4.79 Å². The maximum atomic E-state index is 12.7. The van der Waals surface area contributed by atoms with Gasteiger partial charge in [0.05, 0.1) is 12.0 Å². The van der Waals surface area contributed by atoms with Gasteiger partial charge in [-0.15, -0.1) is 11.3 Å². The van der Waals surface area contributed by atoms with Crippen LogP contribution in [0.15, 0.2) is 65.5 Å². The minimum atomic E-state index is -0.119. The van der Waals surface area contributed by atoms with Crippen LogP contribution in [0.4, 0.5) is 0 Å². The summed E-state index contributed by atoms with van der Waals surface area (Å²) >= 11 is 1.54. The molecule has 0 bridgehead atoms. The molecule has 0 saturated heterocycles. The van der Waals surface area contributed by atoms with Gasteiger partial charge in [-0.25, -0.2) is 4.98 Å². The molecule has 5 rings (SSSR count). The van der Waals surface area contributed by atoms with Gasteiger partial charge in [0.15, 0.2) is 11.5 Å². The maximum absolute atomic E-state index is 12.7. The first-order chi connectivity index (χ1) is 16.0. The summed E-state index contributed by atoms with van der Waals surface area (Å²) in [5, 5.41) is 3.02. The summed E-state index contributed by atoms with van der Waals surface area (Å²) in [5.74, 6) is 1.80. The summed E-state index contributed by atoms with van der Waals surface area (Å²) in [6, 6.07) is 20.1. The molecule has 3 aromatic carbocycles. The lowest BCUT2D eigenvalue weighted by Crippen LogP contribution is -2.09. The van der Waals surface area contributed by atoms with Gasteiger partial charge in [-0.05, 0) is 60.9 Å². The van der Waals surface area contributed by atoms with Crippen LogP contribution in [0, 0.1) is 13.8 Å². The molecule has 0 aliphatic carbocycles. The van der Waals surface area contributed by atoms with Crippen LogP contribution in [0.2, 0.25) is 0 Å². The summed E-state index contributed by atoms with van der Waals surface area (Å²) < 4.78 is 12.0. The first-order valence-electron chi connectivity index (χ1n) is 10.9. The van der Waals surface area contributed by atoms with Crippen molar-refractivity contribution in [3.63, 3.8) is 0 Å². The predicted molar refractivity (Wildman–Crippen MR) is 135 cm³/mol. The number of nitrogens with zero attached hydrogens (tertiary/aromatic N) is 1. The summed E-state index contributed by atoms with van der Waals surface area (Å²) in [6.45, 7) is 6.83. The smallest absolute Gasteiger partial charge is 0.260 e. The van der Waals surface area contributed by atoms with E-state index in [1.54, 1.807) is 0 Å². The van der Waals surface area contributed by atoms with Gasteiger partial charge in [0, 0.05) is 10.4 Å². The first-order valence-corrected chi connectivity index (χ1v) is 11.7. The molecule has 0 amide bonds. The Bertz CT molecular complexity index is 1530. The Balaban J connectivity index is 1.48. The highest BCUT2D eigenvalue weighted by Crippen LogP contribution is 2.34. The number of ether oxygens (including phenoxy) is 2. The lowest BCUT2D eigenvalue weighted by Gasteiger charge is -2.14. The highest BCUT2D eigenvalue weighted by atomic mass is 32.1. The zero-order chi connectivity index (χ0) is 22.9. The molecule has 166 valence electrons. The number of aromatic nitrogens is 2. The zero-order valence-electron chi connectivity index (χ0n) is 18.8. The number of H-pyrrole nitrogens is 1. The van der Waals surface area contributed by atoms with Crippen molar-refractivity contribution in [3.8, 4) is 22.9 Å². The van der Waals surface area contributed by atoms with Gasteiger partial charge in [0.2, 0.25) is 0 Å². The minimum absolute atomic E-state index is 0.119. The second kappa shape index (κ2) is 8.71. The predicted octanol–water partition coefficient (Wildman–Crippen LogP) is 6.40. The van der Waals surface area contributed by atoms with Gasteiger partial charge in [0.1, 0.15) is 17.3 Å². The number of rotatable bonds is 6. The van der Waals surface area contributed by atoms with E-state index in [1.807, 2.05) is 57.2 Å². The van der Waals surface area contributed by atoms with Crippen molar-refractivity contribution >= 4 is 32.3 Å². The van der Waals surface area contributed by atoms with Crippen molar-refractivity contribution in [2.24, 2.45) is 0 Å². The van der Waals surface area contributed by atoms with Crippen LogP contribution >= 0.6 is 11.3 Å². The maximum Gasteiger partial charge on any atom is 0.260 e. The largest absolute Gasteiger partial charge is 0.490 e. The Morgan fingerprint density at radius 2 is 1.79 bits per heavy atom. The summed E-state index contributed by atoms with van der Waals surface area (Å²) in [5.41, 5.74) is 2.76. The Labute approximate surface area is 195 Å². The molecular formula is C27H24N2O3S. The summed E-state index contributed by atoms with van der Waals surface area (Å²) in [7, 11) is 0. The molecule has 0 aliphatic rings. The molecule has 0 fully saturated rings. The molecule has 6 heteroatoms. The molecule has 1 N–H and O–H groups in total. The Morgan fingerprint density at radius 3 is 2.64 bits per heavy atom. The molecule has 0 saturated carbocycles. The van der Waals surface area contributed by atoms with Crippen LogP contribution < -0.4 is 15.0 Å². The van der Waals surface area contributed by atoms with Crippen LogP contribution in [-0.4, -0.2) is 16.6 Å². The van der Waals surface area contributed by atoms with Crippen LogP contribution in [0.5, 0.6) is 11.5 Å².